The second kappa shape index (κ2) is 10.9. The van der Waals surface area contributed by atoms with Gasteiger partial charge in [0.25, 0.3) is 11.5 Å². The molecule has 0 bridgehead atoms. The van der Waals surface area contributed by atoms with Gasteiger partial charge in [0.05, 0.1) is 44.3 Å². The van der Waals surface area contributed by atoms with Gasteiger partial charge in [-0.1, -0.05) is 0 Å². The molecule has 2 N–H and O–H groups in total. The molecule has 11 heteroatoms. The zero-order valence-electron chi connectivity index (χ0n) is 20.0. The summed E-state index contributed by atoms with van der Waals surface area (Å²) in [6.07, 6.45) is 0. The maximum absolute atomic E-state index is 12.8. The number of hydroxylamine groups is 3. The average Bonchev–Trinajstić information content (AvgIpc) is 2.84. The molecule has 2 aromatic heterocycles. The Morgan fingerprint density at radius 2 is 1.89 bits per heavy atom. The fourth-order valence-electron chi connectivity index (χ4n) is 4.00. The molecule has 0 atom stereocenters. The first-order valence-electron chi connectivity index (χ1n) is 11.6. The van der Waals surface area contributed by atoms with Gasteiger partial charge in [0.1, 0.15) is 13.1 Å². The average molecular weight is 483 g/mol. The van der Waals surface area contributed by atoms with E-state index in [1.54, 1.807) is 37.4 Å². The SMILES string of the molecule is COCCNc1nc(C)c2ccc(=O)n(-c3ccc(C(=O)NCC[N+]4([O-])CCOCC4)cc3)c2n1. The van der Waals surface area contributed by atoms with E-state index in [0.29, 0.717) is 68.8 Å². The zero-order chi connectivity index (χ0) is 24.8. The van der Waals surface area contributed by atoms with Crippen LogP contribution < -0.4 is 16.2 Å². The Kier molecular flexibility index (Phi) is 7.71. The number of hydrogen-bond acceptors (Lipinski definition) is 8. The Hall–Kier alpha value is -3.38. The van der Waals surface area contributed by atoms with Gasteiger partial charge in [0.2, 0.25) is 5.95 Å². The standard InChI is InChI=1S/C24H30N6O5/c1-17-20-7-8-21(31)29(22(20)28-24(27-17)26-10-14-34-2)19-5-3-18(4-6-19)23(32)25-9-11-30(33)12-15-35-16-13-30/h3-8H,9-16H2,1-2H3,(H,25,32)(H,26,27,28). The Morgan fingerprint density at radius 1 is 1.14 bits per heavy atom. The Morgan fingerprint density at radius 3 is 2.60 bits per heavy atom. The summed E-state index contributed by atoms with van der Waals surface area (Å²) in [4.78, 5) is 34.4. The topological polar surface area (TPSA) is 130 Å². The number of morpholine rings is 1. The van der Waals surface area contributed by atoms with Crippen LogP contribution in [0.25, 0.3) is 16.7 Å². The van der Waals surface area contributed by atoms with Crippen LogP contribution in [-0.4, -0.2) is 84.7 Å². The van der Waals surface area contributed by atoms with Crippen molar-refractivity contribution in [2.24, 2.45) is 0 Å². The van der Waals surface area contributed by atoms with Gasteiger partial charge < -0.3 is 30.0 Å². The van der Waals surface area contributed by atoms with E-state index in [1.807, 2.05) is 6.92 Å². The molecule has 0 saturated carbocycles. The monoisotopic (exact) mass is 482 g/mol. The summed E-state index contributed by atoms with van der Waals surface area (Å²) < 4.78 is 11.4. The number of ether oxygens (including phenoxy) is 2. The lowest BCUT2D eigenvalue weighted by molar-refractivity contribution is -0.887. The number of nitrogens with zero attached hydrogens (tertiary/aromatic N) is 4. The van der Waals surface area contributed by atoms with Crippen LogP contribution in [0.5, 0.6) is 0 Å². The van der Waals surface area contributed by atoms with E-state index < -0.39 is 0 Å². The highest BCUT2D eigenvalue weighted by Gasteiger charge is 2.21. The molecular formula is C24H30N6O5. The summed E-state index contributed by atoms with van der Waals surface area (Å²) in [5.41, 5.74) is 1.98. The molecule has 0 aliphatic carbocycles. The minimum atomic E-state index is -0.354. The van der Waals surface area contributed by atoms with Crippen molar-refractivity contribution in [3.8, 4) is 5.69 Å². The van der Waals surface area contributed by atoms with Gasteiger partial charge in [0.15, 0.2) is 5.65 Å². The first-order chi connectivity index (χ1) is 16.9. The highest BCUT2D eigenvalue weighted by molar-refractivity contribution is 5.94. The number of rotatable bonds is 9. The minimum Gasteiger partial charge on any atom is -0.633 e. The number of quaternary nitrogens is 1. The molecule has 1 amide bonds. The lowest BCUT2D eigenvalue weighted by atomic mass is 10.1. The third kappa shape index (κ3) is 5.82. The van der Waals surface area contributed by atoms with E-state index in [-0.39, 0.29) is 22.7 Å². The highest BCUT2D eigenvalue weighted by Crippen LogP contribution is 2.19. The Labute approximate surface area is 202 Å². The molecule has 0 spiro atoms. The van der Waals surface area contributed by atoms with Gasteiger partial charge in [-0.05, 0) is 37.3 Å². The number of amides is 1. The van der Waals surface area contributed by atoms with Crippen LogP contribution in [0.4, 0.5) is 5.95 Å². The minimum absolute atomic E-state index is 0.245. The van der Waals surface area contributed by atoms with E-state index in [9.17, 15) is 14.8 Å². The zero-order valence-corrected chi connectivity index (χ0v) is 20.0. The van der Waals surface area contributed by atoms with Gasteiger partial charge in [-0.2, -0.15) is 4.98 Å². The number of methoxy groups -OCH3 is 1. The van der Waals surface area contributed by atoms with E-state index in [0.717, 1.165) is 11.1 Å². The predicted molar refractivity (Wildman–Crippen MR) is 132 cm³/mol. The molecule has 3 heterocycles. The van der Waals surface area contributed by atoms with Crippen molar-refractivity contribution < 1.29 is 18.9 Å². The van der Waals surface area contributed by atoms with E-state index in [2.05, 4.69) is 20.6 Å². The van der Waals surface area contributed by atoms with Crippen molar-refractivity contribution in [3.05, 3.63) is 63.2 Å². The van der Waals surface area contributed by atoms with Gasteiger partial charge >= 0.3 is 0 Å². The molecule has 1 aliphatic heterocycles. The summed E-state index contributed by atoms with van der Waals surface area (Å²) in [6.45, 7) is 5.16. The van der Waals surface area contributed by atoms with Crippen LogP contribution in [0, 0.1) is 12.1 Å². The molecule has 3 aromatic rings. The predicted octanol–water partition coefficient (Wildman–Crippen LogP) is 1.22. The van der Waals surface area contributed by atoms with Crippen molar-refractivity contribution in [1.29, 1.82) is 0 Å². The van der Waals surface area contributed by atoms with Crippen LogP contribution in [0.3, 0.4) is 0 Å². The number of hydrogen-bond donors (Lipinski definition) is 2. The molecule has 11 nitrogen and oxygen atoms in total. The second-order valence-electron chi connectivity index (χ2n) is 8.44. The number of aryl methyl sites for hydroxylation is 1. The lowest BCUT2D eigenvalue weighted by Gasteiger charge is -2.45. The molecule has 0 unspecified atom stereocenters. The largest absolute Gasteiger partial charge is 0.633 e. The Bertz CT molecular complexity index is 1240. The van der Waals surface area contributed by atoms with Crippen molar-refractivity contribution in [3.63, 3.8) is 0 Å². The quantitative estimate of drug-likeness (QED) is 0.265. The van der Waals surface area contributed by atoms with Crippen molar-refractivity contribution in [1.82, 2.24) is 19.9 Å². The highest BCUT2D eigenvalue weighted by atomic mass is 16.6. The fourth-order valence-corrected chi connectivity index (χ4v) is 4.00. The van der Waals surface area contributed by atoms with Crippen molar-refractivity contribution in [2.45, 2.75) is 6.92 Å². The number of aromatic nitrogens is 3. The molecule has 4 rings (SSSR count). The van der Waals surface area contributed by atoms with E-state index >= 15 is 0 Å². The third-order valence-corrected chi connectivity index (χ3v) is 6.01. The lowest BCUT2D eigenvalue weighted by Crippen LogP contribution is -2.53. The van der Waals surface area contributed by atoms with Gasteiger partial charge in [-0.15, -0.1) is 0 Å². The van der Waals surface area contributed by atoms with Crippen LogP contribution >= 0.6 is 0 Å². The second-order valence-corrected chi connectivity index (χ2v) is 8.44. The van der Waals surface area contributed by atoms with Gasteiger partial charge in [-0.25, -0.2) is 4.98 Å². The molecule has 35 heavy (non-hydrogen) atoms. The number of anilines is 1. The van der Waals surface area contributed by atoms with Gasteiger partial charge in [-0.3, -0.25) is 14.2 Å². The summed E-state index contributed by atoms with van der Waals surface area (Å²) in [7, 11) is 1.61. The number of pyridine rings is 1. The summed E-state index contributed by atoms with van der Waals surface area (Å²) in [5, 5.41) is 19.2. The first kappa shape index (κ1) is 24.7. The number of carbonyl (C=O) groups is 1. The van der Waals surface area contributed by atoms with Crippen molar-refractivity contribution >= 4 is 22.9 Å². The number of fused-ring (bicyclic) bond motifs is 1. The number of benzene rings is 1. The fraction of sp³-hybridized carbons (Fsp3) is 0.417. The molecule has 1 aliphatic rings. The van der Waals surface area contributed by atoms with E-state index in [1.165, 1.54) is 10.6 Å². The number of nitrogens with one attached hydrogen (secondary N) is 2. The first-order valence-corrected chi connectivity index (χ1v) is 11.6. The van der Waals surface area contributed by atoms with Crippen LogP contribution in [0.1, 0.15) is 16.1 Å². The van der Waals surface area contributed by atoms with Crippen LogP contribution in [-0.2, 0) is 9.47 Å². The molecule has 0 radical (unpaired) electrons. The van der Waals surface area contributed by atoms with Crippen molar-refractivity contribution in [2.75, 3.05) is 65.0 Å². The molecule has 1 saturated heterocycles. The Balaban J connectivity index is 1.52. The molecule has 186 valence electrons. The maximum atomic E-state index is 12.8. The molecule has 1 aromatic carbocycles. The van der Waals surface area contributed by atoms with Crippen LogP contribution in [0.15, 0.2) is 41.2 Å². The molecule has 1 fully saturated rings. The summed E-state index contributed by atoms with van der Waals surface area (Å²) in [5.74, 6) is 0.131. The molecular weight excluding hydrogens is 452 g/mol. The summed E-state index contributed by atoms with van der Waals surface area (Å²) in [6, 6.07) is 9.90. The number of carbonyl (C=O) groups excluding carboxylic acids is 1. The summed E-state index contributed by atoms with van der Waals surface area (Å²) >= 11 is 0. The van der Waals surface area contributed by atoms with Gasteiger partial charge in [0, 0.05) is 30.7 Å². The smallest absolute Gasteiger partial charge is 0.256 e. The third-order valence-electron chi connectivity index (χ3n) is 6.01. The van der Waals surface area contributed by atoms with E-state index in [4.69, 9.17) is 9.47 Å². The van der Waals surface area contributed by atoms with Crippen LogP contribution in [0.2, 0.25) is 0 Å². The normalized spacial score (nSPS) is 15.2. The maximum Gasteiger partial charge on any atom is 0.256 e.